The highest BCUT2D eigenvalue weighted by Crippen LogP contribution is 2.38. The summed E-state index contributed by atoms with van der Waals surface area (Å²) in [6.07, 6.45) is 3.74. The van der Waals surface area contributed by atoms with Gasteiger partial charge in [-0.15, -0.1) is 0 Å². The number of nitrogen functional groups attached to an aromatic ring is 1. The van der Waals surface area contributed by atoms with Crippen molar-refractivity contribution in [3.63, 3.8) is 0 Å². The Kier molecular flexibility index (Phi) is 1.37. The molecule has 1 aromatic rings. The van der Waals surface area contributed by atoms with Gasteiger partial charge in [0.15, 0.2) is 5.76 Å². The molecule has 0 atom stereocenters. The highest BCUT2D eigenvalue weighted by molar-refractivity contribution is 5.47. The molecule has 0 spiro atoms. The molecule has 0 aromatic carbocycles. The van der Waals surface area contributed by atoms with Gasteiger partial charge < -0.3 is 10.3 Å². The number of nitrogens with zero attached hydrogens (tertiary/aromatic N) is 1. The van der Waals surface area contributed by atoms with Crippen LogP contribution in [0.5, 0.6) is 0 Å². The van der Waals surface area contributed by atoms with Gasteiger partial charge in [-0.2, -0.15) is 0 Å². The van der Waals surface area contributed by atoms with Gasteiger partial charge in [0.25, 0.3) is 0 Å². The minimum Gasteiger partial charge on any atom is -0.394 e. The van der Waals surface area contributed by atoms with Gasteiger partial charge in [0.2, 0.25) is 0 Å². The molecule has 1 saturated carbocycles. The second kappa shape index (κ2) is 2.26. The van der Waals surface area contributed by atoms with Crippen molar-refractivity contribution < 1.29 is 4.52 Å². The Hall–Kier alpha value is -0.990. The number of hydrogen-bond donors (Lipinski definition) is 1. The summed E-state index contributed by atoms with van der Waals surface area (Å²) in [4.78, 5) is 0. The molecule has 0 radical (unpaired) electrons. The second-order valence-corrected chi connectivity index (χ2v) is 3.17. The summed E-state index contributed by atoms with van der Waals surface area (Å²) in [6.45, 7) is 1.85. The van der Waals surface area contributed by atoms with Gasteiger partial charge >= 0.3 is 0 Å². The van der Waals surface area contributed by atoms with Gasteiger partial charge in [-0.25, -0.2) is 0 Å². The lowest BCUT2D eigenvalue weighted by atomic mass is 9.82. The van der Waals surface area contributed by atoms with Gasteiger partial charge in [0.1, 0.15) is 5.69 Å². The summed E-state index contributed by atoms with van der Waals surface area (Å²) >= 11 is 0. The van der Waals surface area contributed by atoms with Gasteiger partial charge in [-0.1, -0.05) is 11.6 Å². The van der Waals surface area contributed by atoms with Crippen LogP contribution in [0.3, 0.4) is 0 Å². The fraction of sp³-hybridized carbons (Fsp3) is 0.625. The van der Waals surface area contributed by atoms with Crippen molar-refractivity contribution in [1.82, 2.24) is 5.16 Å². The first-order chi connectivity index (χ1) is 5.29. The molecule has 60 valence electrons. The molecular weight excluding hydrogens is 140 g/mol. The van der Waals surface area contributed by atoms with E-state index >= 15 is 0 Å². The average molecular weight is 152 g/mol. The molecule has 1 aliphatic carbocycles. The Morgan fingerprint density at radius 1 is 1.55 bits per heavy atom. The molecule has 3 nitrogen and oxygen atoms in total. The van der Waals surface area contributed by atoms with E-state index in [1.807, 2.05) is 6.92 Å². The molecule has 1 heterocycles. The molecule has 11 heavy (non-hydrogen) atoms. The number of nitrogens with two attached hydrogens (primary N) is 1. The van der Waals surface area contributed by atoms with Crippen molar-refractivity contribution in [3.05, 3.63) is 11.5 Å². The van der Waals surface area contributed by atoms with Gasteiger partial charge in [-0.3, -0.25) is 0 Å². The number of hydrogen-bond acceptors (Lipinski definition) is 3. The maximum absolute atomic E-state index is 5.76. The first kappa shape index (κ1) is 6.70. The standard InChI is InChI=1S/C8H12N2O/c1-5-7(9)8(10-11-5)6-3-2-4-6/h6H,2-4,9H2,1H3. The third-order valence-corrected chi connectivity index (χ3v) is 2.43. The first-order valence-electron chi connectivity index (χ1n) is 4.00. The summed E-state index contributed by atoms with van der Waals surface area (Å²) < 4.78 is 4.98. The van der Waals surface area contributed by atoms with Gasteiger partial charge in [0, 0.05) is 5.92 Å². The van der Waals surface area contributed by atoms with Crippen LogP contribution < -0.4 is 5.73 Å². The molecule has 0 bridgehead atoms. The minimum atomic E-state index is 0.576. The zero-order valence-corrected chi connectivity index (χ0v) is 6.63. The van der Waals surface area contributed by atoms with E-state index in [0.29, 0.717) is 5.92 Å². The molecule has 2 N–H and O–H groups in total. The number of rotatable bonds is 1. The summed E-state index contributed by atoms with van der Waals surface area (Å²) in [7, 11) is 0. The van der Waals surface area contributed by atoms with E-state index in [1.54, 1.807) is 0 Å². The van der Waals surface area contributed by atoms with Crippen LogP contribution in [0, 0.1) is 6.92 Å². The van der Waals surface area contributed by atoms with Crippen LogP contribution in [0.25, 0.3) is 0 Å². The minimum absolute atomic E-state index is 0.576. The van der Waals surface area contributed by atoms with Crippen LogP contribution in [0.2, 0.25) is 0 Å². The third-order valence-electron chi connectivity index (χ3n) is 2.43. The first-order valence-corrected chi connectivity index (χ1v) is 4.00. The normalized spacial score (nSPS) is 18.3. The number of aryl methyl sites for hydroxylation is 1. The lowest BCUT2D eigenvalue weighted by Crippen LogP contribution is -2.10. The van der Waals surface area contributed by atoms with Crippen molar-refractivity contribution in [2.24, 2.45) is 0 Å². The zero-order valence-electron chi connectivity index (χ0n) is 6.63. The Bertz CT molecular complexity index is 263. The van der Waals surface area contributed by atoms with Crippen molar-refractivity contribution >= 4 is 5.69 Å². The Labute approximate surface area is 65.6 Å². The average Bonchev–Trinajstić information content (AvgIpc) is 2.15. The monoisotopic (exact) mass is 152 g/mol. The van der Waals surface area contributed by atoms with E-state index in [1.165, 1.54) is 19.3 Å². The van der Waals surface area contributed by atoms with Crippen LogP contribution in [-0.4, -0.2) is 5.16 Å². The van der Waals surface area contributed by atoms with Crippen molar-refractivity contribution in [3.8, 4) is 0 Å². The van der Waals surface area contributed by atoms with Crippen LogP contribution in [0.1, 0.15) is 36.6 Å². The fourth-order valence-electron chi connectivity index (χ4n) is 1.37. The molecule has 0 amide bonds. The maximum Gasteiger partial charge on any atom is 0.156 e. The Balaban J connectivity index is 2.29. The highest BCUT2D eigenvalue weighted by atomic mass is 16.5. The van der Waals surface area contributed by atoms with E-state index in [-0.39, 0.29) is 0 Å². The summed E-state index contributed by atoms with van der Waals surface area (Å²) in [6, 6.07) is 0. The second-order valence-electron chi connectivity index (χ2n) is 3.17. The largest absolute Gasteiger partial charge is 0.394 e. The van der Waals surface area contributed by atoms with Crippen molar-refractivity contribution in [2.45, 2.75) is 32.1 Å². The molecule has 1 aliphatic rings. The number of anilines is 1. The molecule has 0 unspecified atom stereocenters. The lowest BCUT2D eigenvalue weighted by Gasteiger charge is -2.22. The molecule has 1 fully saturated rings. The summed E-state index contributed by atoms with van der Waals surface area (Å²) in [5.41, 5.74) is 7.50. The quantitative estimate of drug-likeness (QED) is 0.667. The molecule has 1 aromatic heterocycles. The highest BCUT2D eigenvalue weighted by Gasteiger charge is 2.25. The zero-order chi connectivity index (χ0) is 7.84. The van der Waals surface area contributed by atoms with Crippen LogP contribution in [0.15, 0.2) is 4.52 Å². The third kappa shape index (κ3) is 0.914. The van der Waals surface area contributed by atoms with Crippen molar-refractivity contribution in [1.29, 1.82) is 0 Å². The van der Waals surface area contributed by atoms with E-state index < -0.39 is 0 Å². The molecule has 3 heteroatoms. The van der Waals surface area contributed by atoms with Gasteiger partial charge in [-0.05, 0) is 19.8 Å². The predicted molar refractivity (Wildman–Crippen MR) is 42.2 cm³/mol. The van der Waals surface area contributed by atoms with Gasteiger partial charge in [0.05, 0.1) is 5.69 Å². The fourth-order valence-corrected chi connectivity index (χ4v) is 1.37. The topological polar surface area (TPSA) is 52.0 Å². The number of aromatic nitrogens is 1. The van der Waals surface area contributed by atoms with E-state index in [2.05, 4.69) is 5.16 Å². The molecule has 0 aliphatic heterocycles. The molecule has 2 rings (SSSR count). The van der Waals surface area contributed by atoms with Crippen molar-refractivity contribution in [2.75, 3.05) is 5.73 Å². The van der Waals surface area contributed by atoms with E-state index in [4.69, 9.17) is 10.3 Å². The van der Waals surface area contributed by atoms with E-state index in [9.17, 15) is 0 Å². The van der Waals surface area contributed by atoms with Crippen LogP contribution >= 0.6 is 0 Å². The predicted octanol–water partition coefficient (Wildman–Crippen LogP) is 1.83. The maximum atomic E-state index is 5.76. The van der Waals surface area contributed by atoms with Crippen LogP contribution in [-0.2, 0) is 0 Å². The Morgan fingerprint density at radius 3 is 2.64 bits per heavy atom. The SMILES string of the molecule is Cc1onc(C2CCC2)c1N. The summed E-state index contributed by atoms with van der Waals surface area (Å²) in [5.74, 6) is 1.33. The lowest BCUT2D eigenvalue weighted by molar-refractivity contribution is 0.354. The summed E-state index contributed by atoms with van der Waals surface area (Å²) in [5, 5.41) is 3.94. The Morgan fingerprint density at radius 2 is 2.27 bits per heavy atom. The molecular formula is C8H12N2O. The van der Waals surface area contributed by atoms with Crippen LogP contribution in [0.4, 0.5) is 5.69 Å². The molecule has 0 saturated heterocycles. The van der Waals surface area contributed by atoms with E-state index in [0.717, 1.165) is 17.1 Å². The smallest absolute Gasteiger partial charge is 0.156 e.